The summed E-state index contributed by atoms with van der Waals surface area (Å²) in [6.45, 7) is 4.55. The van der Waals surface area contributed by atoms with Gasteiger partial charge in [-0.15, -0.1) is 0 Å². The van der Waals surface area contributed by atoms with Gasteiger partial charge in [0.1, 0.15) is 5.75 Å². The van der Waals surface area contributed by atoms with Crippen molar-refractivity contribution in [1.29, 1.82) is 0 Å². The van der Waals surface area contributed by atoms with Gasteiger partial charge in [-0.3, -0.25) is 0 Å². The molecule has 0 heterocycles. The van der Waals surface area contributed by atoms with E-state index in [1.807, 2.05) is 6.07 Å². The monoisotopic (exact) mass is 325 g/mol. The molecule has 2 rings (SSSR count). The Morgan fingerprint density at radius 1 is 1.42 bits per heavy atom. The highest BCUT2D eigenvalue weighted by Crippen LogP contribution is 2.31. The molecule has 106 valence electrons. The Hall–Kier alpha value is -0.540. The summed E-state index contributed by atoms with van der Waals surface area (Å²) < 4.78 is 6.30. The lowest BCUT2D eigenvalue weighted by molar-refractivity contribution is 0.410. The average molecular weight is 326 g/mol. The van der Waals surface area contributed by atoms with Crippen LogP contribution in [0.3, 0.4) is 0 Å². The lowest BCUT2D eigenvalue weighted by atomic mass is 10.0. The van der Waals surface area contributed by atoms with Crippen molar-refractivity contribution in [2.45, 2.75) is 51.6 Å². The van der Waals surface area contributed by atoms with E-state index in [-0.39, 0.29) is 0 Å². The van der Waals surface area contributed by atoms with Gasteiger partial charge in [-0.1, -0.05) is 19.4 Å². The van der Waals surface area contributed by atoms with Crippen molar-refractivity contribution in [2.24, 2.45) is 5.92 Å². The van der Waals surface area contributed by atoms with Crippen molar-refractivity contribution in [3.8, 4) is 5.75 Å². The van der Waals surface area contributed by atoms with E-state index in [0.717, 1.165) is 16.1 Å². The third-order valence-electron chi connectivity index (χ3n) is 4.28. The lowest BCUT2D eigenvalue weighted by Gasteiger charge is -2.20. The second-order valence-electron chi connectivity index (χ2n) is 5.57. The number of methoxy groups -OCH3 is 1. The number of ether oxygens (including phenoxy) is 1. The zero-order chi connectivity index (χ0) is 13.8. The summed E-state index contributed by atoms with van der Waals surface area (Å²) in [6.07, 6.45) is 5.35. The SMILES string of the molecule is CCC1CCC(NC(C)c2ccc(OC)c(Br)c2)C1. The van der Waals surface area contributed by atoms with Crippen LogP contribution in [0.2, 0.25) is 0 Å². The zero-order valence-electron chi connectivity index (χ0n) is 12.1. The Labute approximate surface area is 125 Å². The Morgan fingerprint density at radius 3 is 2.79 bits per heavy atom. The maximum atomic E-state index is 5.27. The molecular formula is C16H24BrNO. The molecule has 0 aromatic heterocycles. The van der Waals surface area contributed by atoms with Crippen LogP contribution in [0.15, 0.2) is 22.7 Å². The van der Waals surface area contributed by atoms with E-state index >= 15 is 0 Å². The van der Waals surface area contributed by atoms with Gasteiger partial charge in [-0.05, 0) is 65.7 Å². The Bertz CT molecular complexity index is 421. The summed E-state index contributed by atoms with van der Waals surface area (Å²) in [4.78, 5) is 0. The third kappa shape index (κ3) is 3.73. The normalized spacial score (nSPS) is 24.4. The standard InChI is InChI=1S/C16H24BrNO/c1-4-12-5-7-14(9-12)18-11(2)13-6-8-16(19-3)15(17)10-13/h6,8,10-12,14,18H,4-5,7,9H2,1-3H3. The average Bonchev–Trinajstić information content (AvgIpc) is 2.86. The highest BCUT2D eigenvalue weighted by Gasteiger charge is 2.24. The quantitative estimate of drug-likeness (QED) is 0.848. The number of benzene rings is 1. The van der Waals surface area contributed by atoms with Crippen molar-refractivity contribution in [3.63, 3.8) is 0 Å². The molecule has 3 heteroatoms. The van der Waals surface area contributed by atoms with Crippen LogP contribution in [0.4, 0.5) is 0 Å². The van der Waals surface area contributed by atoms with E-state index in [4.69, 9.17) is 4.74 Å². The minimum absolute atomic E-state index is 0.391. The van der Waals surface area contributed by atoms with Crippen molar-refractivity contribution in [1.82, 2.24) is 5.32 Å². The Kier molecular flexibility index (Phi) is 5.28. The fourth-order valence-corrected chi connectivity index (χ4v) is 3.56. The summed E-state index contributed by atoms with van der Waals surface area (Å²) in [5.41, 5.74) is 1.31. The van der Waals surface area contributed by atoms with E-state index in [0.29, 0.717) is 12.1 Å². The molecule has 0 radical (unpaired) electrons. The first-order chi connectivity index (χ1) is 9.13. The Balaban J connectivity index is 1.96. The largest absolute Gasteiger partial charge is 0.496 e. The first-order valence-electron chi connectivity index (χ1n) is 7.23. The molecule has 0 spiro atoms. The molecule has 0 amide bonds. The molecule has 0 bridgehead atoms. The Morgan fingerprint density at radius 2 is 2.21 bits per heavy atom. The fraction of sp³-hybridized carbons (Fsp3) is 0.625. The van der Waals surface area contributed by atoms with E-state index in [1.165, 1.54) is 31.2 Å². The highest BCUT2D eigenvalue weighted by atomic mass is 79.9. The van der Waals surface area contributed by atoms with Crippen LogP contribution in [-0.2, 0) is 0 Å². The number of hydrogen-bond donors (Lipinski definition) is 1. The van der Waals surface area contributed by atoms with Crippen molar-refractivity contribution >= 4 is 15.9 Å². The van der Waals surface area contributed by atoms with Gasteiger partial charge in [0.05, 0.1) is 11.6 Å². The van der Waals surface area contributed by atoms with Gasteiger partial charge in [-0.2, -0.15) is 0 Å². The summed E-state index contributed by atoms with van der Waals surface area (Å²) >= 11 is 3.56. The first kappa shape index (κ1) is 14.9. The van der Waals surface area contributed by atoms with Crippen molar-refractivity contribution in [3.05, 3.63) is 28.2 Å². The topological polar surface area (TPSA) is 21.3 Å². The second-order valence-corrected chi connectivity index (χ2v) is 6.42. The van der Waals surface area contributed by atoms with Gasteiger partial charge in [0.15, 0.2) is 0 Å². The van der Waals surface area contributed by atoms with Gasteiger partial charge in [0.25, 0.3) is 0 Å². The van der Waals surface area contributed by atoms with Crippen molar-refractivity contribution in [2.75, 3.05) is 7.11 Å². The zero-order valence-corrected chi connectivity index (χ0v) is 13.7. The molecule has 1 N–H and O–H groups in total. The van der Waals surface area contributed by atoms with Gasteiger partial charge < -0.3 is 10.1 Å². The van der Waals surface area contributed by atoms with E-state index in [2.05, 4.69) is 47.2 Å². The van der Waals surface area contributed by atoms with Gasteiger partial charge in [0, 0.05) is 12.1 Å². The number of hydrogen-bond acceptors (Lipinski definition) is 2. The lowest BCUT2D eigenvalue weighted by Crippen LogP contribution is -2.29. The van der Waals surface area contributed by atoms with Crippen LogP contribution >= 0.6 is 15.9 Å². The first-order valence-corrected chi connectivity index (χ1v) is 8.02. The number of nitrogens with one attached hydrogen (secondary N) is 1. The molecule has 1 aliphatic rings. The molecule has 1 fully saturated rings. The smallest absolute Gasteiger partial charge is 0.133 e. The van der Waals surface area contributed by atoms with E-state index in [1.54, 1.807) is 7.11 Å². The van der Waals surface area contributed by atoms with Crippen LogP contribution < -0.4 is 10.1 Å². The molecule has 3 unspecified atom stereocenters. The van der Waals surface area contributed by atoms with Crippen molar-refractivity contribution < 1.29 is 4.74 Å². The van der Waals surface area contributed by atoms with Crippen LogP contribution in [0, 0.1) is 5.92 Å². The van der Waals surface area contributed by atoms with Crippen LogP contribution in [-0.4, -0.2) is 13.2 Å². The summed E-state index contributed by atoms with van der Waals surface area (Å²) in [5, 5.41) is 3.76. The molecule has 0 saturated heterocycles. The summed E-state index contributed by atoms with van der Waals surface area (Å²) in [5.74, 6) is 1.81. The fourth-order valence-electron chi connectivity index (χ4n) is 3.00. The van der Waals surface area contributed by atoms with Crippen LogP contribution in [0.1, 0.15) is 51.1 Å². The summed E-state index contributed by atoms with van der Waals surface area (Å²) in [6, 6.07) is 7.40. The molecule has 1 saturated carbocycles. The third-order valence-corrected chi connectivity index (χ3v) is 4.90. The molecule has 0 aliphatic heterocycles. The maximum Gasteiger partial charge on any atom is 0.133 e. The van der Waals surface area contributed by atoms with E-state index < -0.39 is 0 Å². The van der Waals surface area contributed by atoms with Crippen LogP contribution in [0.25, 0.3) is 0 Å². The molecule has 1 aromatic rings. The molecule has 3 atom stereocenters. The predicted octanol–water partition coefficient (Wildman–Crippen LogP) is 4.69. The predicted molar refractivity (Wildman–Crippen MR) is 83.7 cm³/mol. The van der Waals surface area contributed by atoms with Gasteiger partial charge >= 0.3 is 0 Å². The van der Waals surface area contributed by atoms with Gasteiger partial charge in [0.2, 0.25) is 0 Å². The number of rotatable bonds is 5. The molecule has 1 aliphatic carbocycles. The molecule has 1 aromatic carbocycles. The van der Waals surface area contributed by atoms with E-state index in [9.17, 15) is 0 Å². The minimum atomic E-state index is 0.391. The number of halogens is 1. The molecular weight excluding hydrogens is 302 g/mol. The molecule has 2 nitrogen and oxygen atoms in total. The second kappa shape index (κ2) is 6.76. The molecule has 19 heavy (non-hydrogen) atoms. The minimum Gasteiger partial charge on any atom is -0.496 e. The maximum absolute atomic E-state index is 5.27. The van der Waals surface area contributed by atoms with Crippen LogP contribution in [0.5, 0.6) is 5.75 Å². The summed E-state index contributed by atoms with van der Waals surface area (Å²) in [7, 11) is 1.70. The van der Waals surface area contributed by atoms with Gasteiger partial charge in [-0.25, -0.2) is 0 Å². The highest BCUT2D eigenvalue weighted by molar-refractivity contribution is 9.10.